The molecule has 1 saturated carbocycles. The molecule has 1 fully saturated rings. The number of aliphatic hydroxyl groups excluding tert-OH is 2. The van der Waals surface area contributed by atoms with Gasteiger partial charge in [0.25, 0.3) is 0 Å². The Bertz CT molecular complexity index is 316. The highest BCUT2D eigenvalue weighted by atomic mass is 16.5. The van der Waals surface area contributed by atoms with Crippen LogP contribution < -0.4 is 0 Å². The number of carbonyl (C=O) groups excluding carboxylic acids is 2. The summed E-state index contributed by atoms with van der Waals surface area (Å²) in [5.41, 5.74) is 0. The molecule has 104 valence electrons. The minimum atomic E-state index is -0.807. The highest BCUT2D eigenvalue weighted by molar-refractivity contribution is 5.77. The average molecular weight is 260 g/mol. The van der Waals surface area contributed by atoms with E-state index in [1.807, 2.05) is 0 Å². The number of esters is 2. The van der Waals surface area contributed by atoms with Gasteiger partial charge in [-0.1, -0.05) is 6.92 Å². The first-order valence-electron chi connectivity index (χ1n) is 5.92. The number of hydrogen-bond donors (Lipinski definition) is 2. The van der Waals surface area contributed by atoms with E-state index in [-0.39, 0.29) is 12.3 Å². The zero-order valence-corrected chi connectivity index (χ0v) is 10.8. The Morgan fingerprint density at radius 1 is 1.33 bits per heavy atom. The number of methoxy groups -OCH3 is 2. The SMILES string of the molecule is COC(=O)C(CO)C1CC(O)C(C)C1C(=O)OC. The first-order chi connectivity index (χ1) is 8.47. The van der Waals surface area contributed by atoms with Gasteiger partial charge >= 0.3 is 11.9 Å². The molecule has 1 rings (SSSR count). The fourth-order valence-corrected chi connectivity index (χ4v) is 2.75. The van der Waals surface area contributed by atoms with E-state index in [4.69, 9.17) is 4.74 Å². The second kappa shape index (κ2) is 6.15. The maximum atomic E-state index is 11.7. The van der Waals surface area contributed by atoms with Gasteiger partial charge in [-0.3, -0.25) is 9.59 Å². The van der Waals surface area contributed by atoms with Crippen molar-refractivity contribution in [1.29, 1.82) is 0 Å². The quantitative estimate of drug-likeness (QED) is 0.666. The molecule has 0 spiro atoms. The summed E-state index contributed by atoms with van der Waals surface area (Å²) in [4.78, 5) is 23.3. The Morgan fingerprint density at radius 2 is 1.94 bits per heavy atom. The summed E-state index contributed by atoms with van der Waals surface area (Å²) in [6.45, 7) is 1.32. The van der Waals surface area contributed by atoms with Gasteiger partial charge in [0.2, 0.25) is 0 Å². The monoisotopic (exact) mass is 260 g/mol. The van der Waals surface area contributed by atoms with Gasteiger partial charge in [-0.05, 0) is 18.3 Å². The first-order valence-corrected chi connectivity index (χ1v) is 5.92. The zero-order valence-electron chi connectivity index (χ0n) is 10.8. The molecule has 0 bridgehead atoms. The van der Waals surface area contributed by atoms with Crippen molar-refractivity contribution >= 4 is 11.9 Å². The van der Waals surface area contributed by atoms with Gasteiger partial charge in [-0.25, -0.2) is 0 Å². The van der Waals surface area contributed by atoms with Crippen LogP contribution in [0.2, 0.25) is 0 Å². The van der Waals surface area contributed by atoms with Gasteiger partial charge < -0.3 is 19.7 Å². The summed E-state index contributed by atoms with van der Waals surface area (Å²) in [5.74, 6) is -3.20. The minimum Gasteiger partial charge on any atom is -0.469 e. The van der Waals surface area contributed by atoms with Crippen LogP contribution in [0.1, 0.15) is 13.3 Å². The Kier molecular flexibility index (Phi) is 5.10. The van der Waals surface area contributed by atoms with E-state index in [1.54, 1.807) is 6.92 Å². The Morgan fingerprint density at radius 3 is 2.39 bits per heavy atom. The van der Waals surface area contributed by atoms with Gasteiger partial charge in [0.05, 0.1) is 38.8 Å². The summed E-state index contributed by atoms with van der Waals surface area (Å²) in [6, 6.07) is 0. The van der Waals surface area contributed by atoms with Crippen molar-refractivity contribution in [3.63, 3.8) is 0 Å². The molecule has 0 aliphatic heterocycles. The number of carbonyl (C=O) groups is 2. The molecule has 0 heterocycles. The second-order valence-corrected chi connectivity index (χ2v) is 4.69. The Labute approximate surface area is 106 Å². The van der Waals surface area contributed by atoms with Crippen LogP contribution in [0.15, 0.2) is 0 Å². The van der Waals surface area contributed by atoms with Crippen LogP contribution in [0.25, 0.3) is 0 Å². The molecule has 0 amide bonds. The summed E-state index contributed by atoms with van der Waals surface area (Å²) < 4.78 is 9.32. The number of rotatable bonds is 4. The van der Waals surface area contributed by atoms with Crippen LogP contribution >= 0.6 is 0 Å². The molecule has 5 atom stereocenters. The normalized spacial score (nSPS) is 32.9. The summed E-state index contributed by atoms with van der Waals surface area (Å²) >= 11 is 0. The molecular formula is C12H20O6. The molecule has 6 heteroatoms. The van der Waals surface area contributed by atoms with E-state index in [9.17, 15) is 19.8 Å². The molecule has 0 saturated heterocycles. The van der Waals surface area contributed by atoms with Gasteiger partial charge in [-0.2, -0.15) is 0 Å². The number of ether oxygens (including phenoxy) is 2. The van der Waals surface area contributed by atoms with Gasteiger partial charge in [0, 0.05) is 0 Å². The van der Waals surface area contributed by atoms with E-state index in [0.29, 0.717) is 0 Å². The minimum absolute atomic E-state index is 0.279. The van der Waals surface area contributed by atoms with E-state index in [1.165, 1.54) is 14.2 Å². The van der Waals surface area contributed by atoms with Crippen LogP contribution in [0.4, 0.5) is 0 Å². The predicted molar refractivity (Wildman–Crippen MR) is 61.4 cm³/mol. The van der Waals surface area contributed by atoms with Crippen molar-refractivity contribution < 1.29 is 29.3 Å². The van der Waals surface area contributed by atoms with Crippen LogP contribution in [-0.4, -0.2) is 49.1 Å². The topological polar surface area (TPSA) is 93.1 Å². The standard InChI is InChI=1S/C12H20O6/c1-6-9(14)4-7(10(6)12(16)18-3)8(5-13)11(15)17-2/h6-10,13-14H,4-5H2,1-3H3. The highest BCUT2D eigenvalue weighted by Crippen LogP contribution is 2.42. The fraction of sp³-hybridized carbons (Fsp3) is 0.833. The maximum absolute atomic E-state index is 11.7. The van der Waals surface area contributed by atoms with Crippen molar-refractivity contribution in [2.45, 2.75) is 19.4 Å². The third-order valence-electron chi connectivity index (χ3n) is 3.84. The van der Waals surface area contributed by atoms with Crippen molar-refractivity contribution in [2.24, 2.45) is 23.7 Å². The van der Waals surface area contributed by atoms with Gasteiger partial charge in [0.1, 0.15) is 0 Å². The van der Waals surface area contributed by atoms with Crippen molar-refractivity contribution in [3.8, 4) is 0 Å². The molecule has 0 aromatic heterocycles. The fourth-order valence-electron chi connectivity index (χ4n) is 2.75. The molecular weight excluding hydrogens is 240 g/mol. The molecule has 6 nitrogen and oxygen atoms in total. The first kappa shape index (κ1) is 14.9. The lowest BCUT2D eigenvalue weighted by atomic mass is 9.81. The van der Waals surface area contributed by atoms with Crippen LogP contribution in [-0.2, 0) is 19.1 Å². The van der Waals surface area contributed by atoms with E-state index < -0.39 is 42.4 Å². The summed E-state index contributed by atoms with van der Waals surface area (Å²) in [7, 11) is 2.50. The summed E-state index contributed by atoms with van der Waals surface area (Å²) in [6.07, 6.45) is -0.404. The molecule has 18 heavy (non-hydrogen) atoms. The van der Waals surface area contributed by atoms with Crippen LogP contribution in [0.5, 0.6) is 0 Å². The van der Waals surface area contributed by atoms with E-state index in [2.05, 4.69) is 4.74 Å². The van der Waals surface area contributed by atoms with Crippen LogP contribution in [0, 0.1) is 23.7 Å². The predicted octanol–water partition coefficient (Wildman–Crippen LogP) is -0.426. The van der Waals surface area contributed by atoms with Crippen LogP contribution in [0.3, 0.4) is 0 Å². The third-order valence-corrected chi connectivity index (χ3v) is 3.84. The summed E-state index contributed by atoms with van der Waals surface area (Å²) in [5, 5.41) is 19.1. The molecule has 5 unspecified atom stereocenters. The van der Waals surface area contributed by atoms with Gasteiger partial charge in [-0.15, -0.1) is 0 Å². The van der Waals surface area contributed by atoms with Gasteiger partial charge in [0.15, 0.2) is 0 Å². The highest BCUT2D eigenvalue weighted by Gasteiger charge is 2.49. The molecule has 0 radical (unpaired) electrons. The molecule has 1 aliphatic rings. The zero-order chi connectivity index (χ0) is 13.9. The molecule has 2 N–H and O–H groups in total. The molecule has 1 aliphatic carbocycles. The van der Waals surface area contributed by atoms with Crippen molar-refractivity contribution in [3.05, 3.63) is 0 Å². The third kappa shape index (κ3) is 2.64. The number of aliphatic hydroxyl groups is 2. The molecule has 0 aromatic carbocycles. The largest absolute Gasteiger partial charge is 0.469 e. The van der Waals surface area contributed by atoms with Crippen molar-refractivity contribution in [1.82, 2.24) is 0 Å². The van der Waals surface area contributed by atoms with E-state index in [0.717, 1.165) is 0 Å². The lowest BCUT2D eigenvalue weighted by molar-refractivity contribution is -0.154. The Hall–Kier alpha value is -1.14. The lowest BCUT2D eigenvalue weighted by Crippen LogP contribution is -2.35. The molecule has 0 aromatic rings. The second-order valence-electron chi connectivity index (χ2n) is 4.69. The lowest BCUT2D eigenvalue weighted by Gasteiger charge is -2.25. The van der Waals surface area contributed by atoms with E-state index >= 15 is 0 Å². The maximum Gasteiger partial charge on any atom is 0.311 e. The van der Waals surface area contributed by atoms with Crippen molar-refractivity contribution in [2.75, 3.05) is 20.8 Å². The average Bonchev–Trinajstić information content (AvgIpc) is 2.65. The smallest absolute Gasteiger partial charge is 0.311 e. The Balaban J connectivity index is 2.97. The number of hydrogen-bond acceptors (Lipinski definition) is 6.